The van der Waals surface area contributed by atoms with E-state index in [0.717, 1.165) is 0 Å². The second-order valence-electron chi connectivity index (χ2n) is 5.23. The van der Waals surface area contributed by atoms with Crippen molar-refractivity contribution in [3.8, 4) is 11.5 Å². The number of amides is 1. The number of furan rings is 1. The summed E-state index contributed by atoms with van der Waals surface area (Å²) in [5.41, 5.74) is 2.01. The molecule has 0 atom stereocenters. The summed E-state index contributed by atoms with van der Waals surface area (Å²) >= 11 is 0. The van der Waals surface area contributed by atoms with E-state index >= 15 is 0 Å². The van der Waals surface area contributed by atoms with Crippen molar-refractivity contribution in [3.63, 3.8) is 0 Å². The van der Waals surface area contributed by atoms with E-state index in [2.05, 4.69) is 15.5 Å². The highest BCUT2D eigenvalue weighted by Crippen LogP contribution is 2.20. The molecule has 0 fully saturated rings. The largest absolute Gasteiger partial charge is 0.461 e. The SMILES string of the molecule is CC(=O)c1ccc(CNC(=O)c2cc(-c3ccco3)on2)nc1C. The lowest BCUT2D eigenvalue weighted by molar-refractivity contribution is 0.0940. The minimum Gasteiger partial charge on any atom is -0.461 e. The molecule has 0 spiro atoms. The lowest BCUT2D eigenvalue weighted by Gasteiger charge is -2.06. The molecule has 3 heterocycles. The molecule has 1 amide bonds. The highest BCUT2D eigenvalue weighted by atomic mass is 16.5. The van der Waals surface area contributed by atoms with Crippen molar-refractivity contribution in [2.75, 3.05) is 0 Å². The molecule has 7 heteroatoms. The quantitative estimate of drug-likeness (QED) is 0.724. The first-order valence-corrected chi connectivity index (χ1v) is 7.31. The predicted octanol–water partition coefficient (Wildman–Crippen LogP) is 2.77. The van der Waals surface area contributed by atoms with Gasteiger partial charge in [-0.25, -0.2) is 0 Å². The van der Waals surface area contributed by atoms with Crippen LogP contribution in [0, 0.1) is 6.92 Å². The molecule has 0 aromatic carbocycles. The lowest BCUT2D eigenvalue weighted by Crippen LogP contribution is -2.23. The van der Waals surface area contributed by atoms with Gasteiger partial charge < -0.3 is 14.3 Å². The van der Waals surface area contributed by atoms with Crippen molar-refractivity contribution in [3.05, 3.63) is 59.2 Å². The van der Waals surface area contributed by atoms with Crippen LogP contribution in [0.25, 0.3) is 11.5 Å². The summed E-state index contributed by atoms with van der Waals surface area (Å²) in [6, 6.07) is 8.35. The zero-order valence-electron chi connectivity index (χ0n) is 13.2. The maximum absolute atomic E-state index is 12.1. The molecule has 122 valence electrons. The summed E-state index contributed by atoms with van der Waals surface area (Å²) in [5.74, 6) is 0.457. The van der Waals surface area contributed by atoms with Crippen molar-refractivity contribution in [1.82, 2.24) is 15.5 Å². The second kappa shape index (κ2) is 6.49. The van der Waals surface area contributed by atoms with Gasteiger partial charge in [0.15, 0.2) is 17.2 Å². The summed E-state index contributed by atoms with van der Waals surface area (Å²) in [5, 5.41) is 6.44. The molecule has 0 radical (unpaired) electrons. The Morgan fingerprint density at radius 2 is 2.04 bits per heavy atom. The molecule has 0 saturated heterocycles. The van der Waals surface area contributed by atoms with Crippen LogP contribution >= 0.6 is 0 Å². The molecule has 0 unspecified atom stereocenters. The number of aromatic nitrogens is 2. The topological polar surface area (TPSA) is 98.2 Å². The third-order valence-electron chi connectivity index (χ3n) is 3.46. The van der Waals surface area contributed by atoms with E-state index in [9.17, 15) is 9.59 Å². The fraction of sp³-hybridized carbons (Fsp3) is 0.176. The van der Waals surface area contributed by atoms with Crippen LogP contribution in [0.4, 0.5) is 0 Å². The number of Topliss-reactive ketones (excluding diaryl/α,β-unsaturated/α-hetero) is 1. The van der Waals surface area contributed by atoms with Crippen molar-refractivity contribution in [1.29, 1.82) is 0 Å². The molecular weight excluding hydrogens is 310 g/mol. The summed E-state index contributed by atoms with van der Waals surface area (Å²) in [6.45, 7) is 3.47. The highest BCUT2D eigenvalue weighted by molar-refractivity contribution is 5.95. The molecule has 0 aliphatic rings. The Hall–Kier alpha value is -3.22. The van der Waals surface area contributed by atoms with E-state index < -0.39 is 0 Å². The van der Waals surface area contributed by atoms with Crippen LogP contribution in [0.3, 0.4) is 0 Å². The normalized spacial score (nSPS) is 10.6. The van der Waals surface area contributed by atoms with Gasteiger partial charge in [0.25, 0.3) is 5.91 Å². The average molecular weight is 325 g/mol. The van der Waals surface area contributed by atoms with Crippen LogP contribution in [0.1, 0.15) is 39.2 Å². The Kier molecular flexibility index (Phi) is 4.24. The fourth-order valence-electron chi connectivity index (χ4n) is 2.26. The number of ketones is 1. The Morgan fingerprint density at radius 1 is 1.21 bits per heavy atom. The second-order valence-corrected chi connectivity index (χ2v) is 5.23. The van der Waals surface area contributed by atoms with E-state index in [0.29, 0.717) is 28.5 Å². The molecule has 1 N–H and O–H groups in total. The van der Waals surface area contributed by atoms with Gasteiger partial charge in [0.2, 0.25) is 5.76 Å². The number of carbonyl (C=O) groups is 2. The summed E-state index contributed by atoms with van der Waals surface area (Å²) in [4.78, 5) is 27.8. The third kappa shape index (κ3) is 3.24. The van der Waals surface area contributed by atoms with Gasteiger partial charge in [-0.3, -0.25) is 14.6 Å². The van der Waals surface area contributed by atoms with Crippen molar-refractivity contribution in [2.24, 2.45) is 0 Å². The number of hydrogen-bond donors (Lipinski definition) is 1. The molecule has 0 saturated carbocycles. The Morgan fingerprint density at radius 3 is 2.71 bits per heavy atom. The maximum atomic E-state index is 12.1. The summed E-state index contributed by atoms with van der Waals surface area (Å²) in [6.07, 6.45) is 1.51. The van der Waals surface area contributed by atoms with Crippen molar-refractivity contribution < 1.29 is 18.5 Å². The van der Waals surface area contributed by atoms with Gasteiger partial charge in [-0.2, -0.15) is 0 Å². The maximum Gasteiger partial charge on any atom is 0.273 e. The van der Waals surface area contributed by atoms with Gasteiger partial charge in [-0.15, -0.1) is 0 Å². The minimum atomic E-state index is -0.383. The molecule has 3 aromatic heterocycles. The van der Waals surface area contributed by atoms with Crippen molar-refractivity contribution >= 4 is 11.7 Å². The van der Waals surface area contributed by atoms with Gasteiger partial charge >= 0.3 is 0 Å². The van der Waals surface area contributed by atoms with E-state index in [1.54, 1.807) is 31.2 Å². The van der Waals surface area contributed by atoms with Crippen LogP contribution in [-0.4, -0.2) is 21.8 Å². The molecule has 3 aromatic rings. The Bertz CT molecular complexity index is 881. The van der Waals surface area contributed by atoms with Crippen LogP contribution in [0.5, 0.6) is 0 Å². The van der Waals surface area contributed by atoms with Gasteiger partial charge in [-0.1, -0.05) is 5.16 Å². The standard InChI is InChI=1S/C17H15N3O4/c1-10-13(11(2)21)6-5-12(19-10)9-18-17(22)14-8-16(24-20-14)15-4-3-7-23-15/h3-8H,9H2,1-2H3,(H,18,22). The van der Waals surface area contributed by atoms with E-state index in [-0.39, 0.29) is 23.9 Å². The number of hydrogen-bond acceptors (Lipinski definition) is 6. The van der Waals surface area contributed by atoms with E-state index in [4.69, 9.17) is 8.94 Å². The molecule has 7 nitrogen and oxygen atoms in total. The van der Waals surface area contributed by atoms with Crippen LogP contribution in [-0.2, 0) is 6.54 Å². The molecule has 0 bridgehead atoms. The Labute approximate surface area is 137 Å². The monoisotopic (exact) mass is 325 g/mol. The number of nitrogens with zero attached hydrogens (tertiary/aromatic N) is 2. The Balaban J connectivity index is 1.65. The zero-order chi connectivity index (χ0) is 17.1. The third-order valence-corrected chi connectivity index (χ3v) is 3.46. The first kappa shape index (κ1) is 15.7. The number of aryl methyl sites for hydroxylation is 1. The number of nitrogens with one attached hydrogen (secondary N) is 1. The van der Waals surface area contributed by atoms with Crippen LogP contribution in [0.15, 0.2) is 45.5 Å². The molecular formula is C17H15N3O4. The highest BCUT2D eigenvalue weighted by Gasteiger charge is 2.15. The number of rotatable bonds is 5. The molecule has 3 rings (SSSR count). The molecule has 0 aliphatic heterocycles. The minimum absolute atomic E-state index is 0.0383. The fourth-order valence-corrected chi connectivity index (χ4v) is 2.26. The van der Waals surface area contributed by atoms with Gasteiger partial charge in [0.05, 0.1) is 18.5 Å². The van der Waals surface area contributed by atoms with E-state index in [1.165, 1.54) is 19.3 Å². The molecule has 24 heavy (non-hydrogen) atoms. The first-order valence-electron chi connectivity index (χ1n) is 7.31. The lowest BCUT2D eigenvalue weighted by atomic mass is 10.1. The van der Waals surface area contributed by atoms with Gasteiger partial charge in [0, 0.05) is 17.3 Å². The van der Waals surface area contributed by atoms with Gasteiger partial charge in [-0.05, 0) is 38.1 Å². The molecule has 0 aliphatic carbocycles. The smallest absolute Gasteiger partial charge is 0.273 e. The predicted molar refractivity (Wildman–Crippen MR) is 84.4 cm³/mol. The van der Waals surface area contributed by atoms with Gasteiger partial charge in [0.1, 0.15) is 0 Å². The van der Waals surface area contributed by atoms with Crippen LogP contribution < -0.4 is 5.32 Å². The number of carbonyl (C=O) groups excluding carboxylic acids is 2. The van der Waals surface area contributed by atoms with Crippen molar-refractivity contribution in [2.45, 2.75) is 20.4 Å². The average Bonchev–Trinajstić information content (AvgIpc) is 3.23. The van der Waals surface area contributed by atoms with E-state index in [1.807, 2.05) is 0 Å². The van der Waals surface area contributed by atoms with Crippen LogP contribution in [0.2, 0.25) is 0 Å². The summed E-state index contributed by atoms with van der Waals surface area (Å²) < 4.78 is 10.3. The zero-order valence-corrected chi connectivity index (χ0v) is 13.2. The summed E-state index contributed by atoms with van der Waals surface area (Å²) in [7, 11) is 0. The first-order chi connectivity index (χ1) is 11.5. The number of pyridine rings is 1.